The van der Waals surface area contributed by atoms with Gasteiger partial charge in [0.25, 0.3) is 21.6 Å². The van der Waals surface area contributed by atoms with E-state index in [9.17, 15) is 27.7 Å². The highest BCUT2D eigenvalue weighted by Gasteiger charge is 2.45. The van der Waals surface area contributed by atoms with E-state index in [2.05, 4.69) is 40.8 Å². The molecule has 14 nitrogen and oxygen atoms in total. The summed E-state index contributed by atoms with van der Waals surface area (Å²) < 4.78 is 48.8. The van der Waals surface area contributed by atoms with Crippen LogP contribution in [0.4, 0.5) is 21.5 Å². The number of likely N-dealkylation sites (tertiary alicyclic amines) is 1. The van der Waals surface area contributed by atoms with Crippen molar-refractivity contribution in [2.24, 2.45) is 11.3 Å². The van der Waals surface area contributed by atoms with Gasteiger partial charge in [0, 0.05) is 79.7 Å². The van der Waals surface area contributed by atoms with E-state index in [0.29, 0.717) is 30.4 Å². The molecule has 3 fully saturated rings. The zero-order chi connectivity index (χ0) is 43.7. The lowest BCUT2D eigenvalue weighted by molar-refractivity contribution is -0.384. The quantitative estimate of drug-likeness (QED) is 0.0590. The molecule has 2 aliphatic heterocycles. The third kappa shape index (κ3) is 9.22. The number of amides is 1. The lowest BCUT2D eigenvalue weighted by Crippen LogP contribution is -2.48. The van der Waals surface area contributed by atoms with E-state index in [1.807, 2.05) is 18.2 Å². The fourth-order valence-corrected chi connectivity index (χ4v) is 11.5. The number of piperidine rings is 1. The van der Waals surface area contributed by atoms with E-state index in [-0.39, 0.29) is 35.1 Å². The smallest absolute Gasteiger partial charge is 0.293 e. The molecule has 2 aliphatic carbocycles. The second-order valence-corrected chi connectivity index (χ2v) is 19.6. The summed E-state index contributed by atoms with van der Waals surface area (Å²) in [7, 11) is -4.57. The van der Waals surface area contributed by atoms with Gasteiger partial charge in [-0.05, 0) is 123 Å². The highest BCUT2D eigenvalue weighted by Crippen LogP contribution is 2.52. The molecule has 63 heavy (non-hydrogen) atoms. The van der Waals surface area contributed by atoms with Gasteiger partial charge < -0.3 is 24.8 Å². The Labute approximate surface area is 371 Å². The predicted octanol–water partition coefficient (Wildman–Crippen LogP) is 8.50. The van der Waals surface area contributed by atoms with Crippen molar-refractivity contribution < 1.29 is 27.3 Å². The van der Waals surface area contributed by atoms with Gasteiger partial charge in [-0.1, -0.05) is 30.2 Å². The molecule has 332 valence electrons. The van der Waals surface area contributed by atoms with Gasteiger partial charge in [-0.25, -0.2) is 22.5 Å². The van der Waals surface area contributed by atoms with E-state index < -0.39 is 31.4 Å². The number of piperazine rings is 1. The zero-order valence-electron chi connectivity index (χ0n) is 35.0. The number of halogens is 2. The van der Waals surface area contributed by atoms with Crippen LogP contribution in [0.3, 0.4) is 0 Å². The van der Waals surface area contributed by atoms with Gasteiger partial charge in [-0.3, -0.25) is 19.8 Å². The van der Waals surface area contributed by atoms with Crippen LogP contribution in [0, 0.1) is 21.4 Å². The van der Waals surface area contributed by atoms with Gasteiger partial charge in [0.15, 0.2) is 0 Å². The summed E-state index contributed by atoms with van der Waals surface area (Å²) >= 11 is 6.65. The minimum absolute atomic E-state index is 0.0405. The fraction of sp³-hybridized carbons (Fsp3) is 0.435. The number of nitro groups is 1. The van der Waals surface area contributed by atoms with Gasteiger partial charge in [-0.2, -0.15) is 0 Å². The van der Waals surface area contributed by atoms with Crippen LogP contribution in [-0.4, -0.2) is 98.0 Å². The molecular formula is C46H52ClFN8O6S. The summed E-state index contributed by atoms with van der Waals surface area (Å²) in [6.45, 7) is 5.46. The largest absolute Gasteiger partial charge is 0.455 e. The maximum atomic E-state index is 14.0. The Morgan fingerprint density at radius 3 is 2.60 bits per heavy atom. The Hall–Kier alpha value is -5.29. The van der Waals surface area contributed by atoms with Crippen LogP contribution >= 0.6 is 11.6 Å². The van der Waals surface area contributed by atoms with Crippen molar-refractivity contribution in [2.45, 2.75) is 62.3 Å². The topological polar surface area (TPSA) is 166 Å². The molecule has 3 aromatic carbocycles. The van der Waals surface area contributed by atoms with E-state index in [1.54, 1.807) is 30.5 Å². The number of pyridine rings is 1. The number of nitrogens with one attached hydrogen (secondary N) is 3. The molecule has 4 heterocycles. The number of sulfonamides is 1. The first-order chi connectivity index (χ1) is 30.5. The molecule has 0 unspecified atom stereocenters. The van der Waals surface area contributed by atoms with Crippen LogP contribution in [0.25, 0.3) is 11.0 Å². The first kappa shape index (κ1) is 43.0. The molecule has 2 aromatic heterocycles. The van der Waals surface area contributed by atoms with E-state index in [4.69, 9.17) is 16.3 Å². The number of alkyl halides is 1. The number of hydrogen-bond donors (Lipinski definition) is 3. The molecule has 3 N–H and O–H groups in total. The molecule has 9 rings (SSSR count). The molecule has 1 spiro atoms. The minimum Gasteiger partial charge on any atom is -0.455 e. The number of benzene rings is 3. The number of anilines is 2. The maximum Gasteiger partial charge on any atom is 0.293 e. The molecule has 4 aliphatic rings. The highest BCUT2D eigenvalue weighted by molar-refractivity contribution is 7.90. The van der Waals surface area contributed by atoms with Crippen molar-refractivity contribution >= 4 is 55.6 Å². The summed E-state index contributed by atoms with van der Waals surface area (Å²) in [5.41, 5.74) is 4.02. The number of ether oxygens (including phenoxy) is 1. The predicted molar refractivity (Wildman–Crippen MR) is 241 cm³/mol. The van der Waals surface area contributed by atoms with Gasteiger partial charge in [-0.15, -0.1) is 0 Å². The number of aromatic amines is 1. The fourth-order valence-electron chi connectivity index (χ4n) is 10.3. The number of fused-ring (bicyclic) bond motifs is 2. The molecule has 5 aromatic rings. The van der Waals surface area contributed by atoms with Crippen LogP contribution in [-0.2, 0) is 16.4 Å². The molecule has 17 heteroatoms. The van der Waals surface area contributed by atoms with Gasteiger partial charge in [0.1, 0.15) is 29.5 Å². The van der Waals surface area contributed by atoms with Crippen LogP contribution in [0.1, 0.15) is 72.5 Å². The Kier molecular flexibility index (Phi) is 12.3. The summed E-state index contributed by atoms with van der Waals surface area (Å²) in [6.07, 6.45) is 11.6. The molecule has 1 amide bonds. The average Bonchev–Trinajstić information content (AvgIpc) is 3.63. The Morgan fingerprint density at radius 1 is 1.02 bits per heavy atom. The number of hydrogen-bond acceptors (Lipinski definition) is 11. The number of rotatable bonds is 13. The summed E-state index contributed by atoms with van der Waals surface area (Å²) in [6, 6.07) is 18.8. The maximum absolute atomic E-state index is 14.0. The van der Waals surface area contributed by atoms with Gasteiger partial charge in [0.05, 0.1) is 21.6 Å². The van der Waals surface area contributed by atoms with Crippen molar-refractivity contribution in [1.29, 1.82) is 0 Å². The Morgan fingerprint density at radius 2 is 1.83 bits per heavy atom. The second-order valence-electron chi connectivity index (χ2n) is 17.5. The zero-order valence-corrected chi connectivity index (χ0v) is 36.6. The average molecular weight is 899 g/mol. The second kappa shape index (κ2) is 18.1. The van der Waals surface area contributed by atoms with Gasteiger partial charge in [0.2, 0.25) is 0 Å². The number of aromatic nitrogens is 2. The number of nitrogens with zero attached hydrogens (tertiary/aromatic N) is 5. The van der Waals surface area contributed by atoms with Crippen LogP contribution in [0.2, 0.25) is 5.02 Å². The monoisotopic (exact) mass is 898 g/mol. The Bertz CT molecular complexity index is 2600. The van der Waals surface area contributed by atoms with Crippen molar-refractivity contribution in [3.05, 3.63) is 111 Å². The lowest BCUT2D eigenvalue weighted by Gasteiger charge is -2.52. The van der Waals surface area contributed by atoms with Crippen molar-refractivity contribution in [2.75, 3.05) is 69.2 Å². The number of carbonyl (C=O) groups excluding carboxylic acids is 1. The number of nitro benzene ring substituents is 1. The molecule has 2 saturated heterocycles. The molecule has 1 atom stereocenters. The van der Waals surface area contributed by atoms with Crippen LogP contribution < -0.4 is 19.7 Å². The van der Waals surface area contributed by atoms with E-state index in [1.165, 1.54) is 29.5 Å². The van der Waals surface area contributed by atoms with E-state index in [0.717, 1.165) is 113 Å². The third-order valence-electron chi connectivity index (χ3n) is 13.6. The van der Waals surface area contributed by atoms with Crippen LogP contribution in [0.15, 0.2) is 84.0 Å². The van der Waals surface area contributed by atoms with Crippen molar-refractivity contribution in [3.8, 4) is 11.5 Å². The molecule has 1 saturated carbocycles. The normalized spacial score (nSPS) is 19.6. The minimum atomic E-state index is -4.57. The number of carbonyl (C=O) groups is 1. The van der Waals surface area contributed by atoms with Crippen molar-refractivity contribution in [1.82, 2.24) is 24.5 Å². The first-order valence-electron chi connectivity index (χ1n) is 21.9. The van der Waals surface area contributed by atoms with Gasteiger partial charge >= 0.3 is 0 Å². The molecular weight excluding hydrogens is 847 g/mol. The third-order valence-corrected chi connectivity index (χ3v) is 15.3. The first-order valence-corrected chi connectivity index (χ1v) is 23.7. The summed E-state index contributed by atoms with van der Waals surface area (Å²) in [4.78, 5) is 39.5. The summed E-state index contributed by atoms with van der Waals surface area (Å²) in [5, 5.41) is 17.0. The van der Waals surface area contributed by atoms with E-state index >= 15 is 0 Å². The van der Waals surface area contributed by atoms with Crippen molar-refractivity contribution in [3.63, 3.8) is 0 Å². The molecule has 0 bridgehead atoms. The van der Waals surface area contributed by atoms with Crippen LogP contribution in [0.5, 0.6) is 11.5 Å². The summed E-state index contributed by atoms with van der Waals surface area (Å²) in [5.74, 6) is -0.165. The standard InChI is InChI=1S/C46H52ClFN8O6S/c47-39-6-3-5-37-36(39)4-1-2-7-41(37)55-22-20-54(21-23-55)33-8-10-38(43(25-33)62-34-24-32-12-16-49-44(32)51-30-34)45(57)52-63(60,61)35-9-11-40(42(26-35)56(58)59)50-29-31-27-46(28-31)13-17-53(18-14-46)19-15-48/h3,5-6,8-12,16,24-26,30-31,41,50H,1-2,4,7,13-15,17-23,27-29H2,(H,49,51)(H,52,57)/t41-/m1/s1. The lowest BCUT2D eigenvalue weighted by atomic mass is 9.57. The molecule has 0 radical (unpaired) electrons. The SMILES string of the molecule is O=C(NS(=O)(=O)c1ccc(NCC2CC3(CCN(CCF)CC3)C2)c([N+](=O)[O-])c1)c1ccc(N2CCN([C@@H]3CCCCc4c(Cl)cccc43)CC2)cc1Oc1cnc2[nH]ccc2c1. The number of H-pyrrole nitrogens is 1. The Balaban J connectivity index is 0.898. The highest BCUT2D eigenvalue weighted by atomic mass is 35.5.